The molecule has 0 radical (unpaired) electrons. The summed E-state index contributed by atoms with van der Waals surface area (Å²) in [4.78, 5) is 27.4. The molecule has 1 aromatic heterocycles. The van der Waals surface area contributed by atoms with Gasteiger partial charge in [0.15, 0.2) is 5.75 Å². The maximum atomic E-state index is 12.0. The quantitative estimate of drug-likeness (QED) is 0.858. The van der Waals surface area contributed by atoms with Gasteiger partial charge in [-0.25, -0.2) is 9.78 Å². The van der Waals surface area contributed by atoms with Gasteiger partial charge in [-0.05, 0) is 46.5 Å². The van der Waals surface area contributed by atoms with Gasteiger partial charge in [0.05, 0.1) is 18.0 Å². The van der Waals surface area contributed by atoms with E-state index in [1.807, 2.05) is 6.92 Å². The van der Waals surface area contributed by atoms with E-state index in [0.717, 1.165) is 12.8 Å². The monoisotopic (exact) mass is 335 g/mol. The first kappa shape index (κ1) is 18.0. The number of carbonyl (C=O) groups excluding carboxylic acids is 2. The van der Waals surface area contributed by atoms with Gasteiger partial charge in [-0.15, -0.1) is 0 Å². The number of ether oxygens (including phenoxy) is 2. The molecule has 1 unspecified atom stereocenters. The molecule has 0 aromatic carbocycles. The molecule has 0 aliphatic heterocycles. The lowest BCUT2D eigenvalue weighted by molar-refractivity contribution is -0.114. The Kier molecular flexibility index (Phi) is 5.31. The number of hydrogen-bond donors (Lipinski definition) is 2. The topological polar surface area (TPSA) is 89.6 Å². The summed E-state index contributed by atoms with van der Waals surface area (Å²) in [5, 5.41) is 5.25. The van der Waals surface area contributed by atoms with Crippen molar-refractivity contribution in [1.29, 1.82) is 0 Å². The number of nitrogens with one attached hydrogen (secondary N) is 2. The lowest BCUT2D eigenvalue weighted by Crippen LogP contribution is -2.27. The van der Waals surface area contributed by atoms with E-state index in [1.54, 1.807) is 26.8 Å². The van der Waals surface area contributed by atoms with Crippen molar-refractivity contribution in [2.24, 2.45) is 5.92 Å². The Balaban J connectivity index is 2.18. The molecule has 7 nitrogen and oxygen atoms in total. The number of carbonyl (C=O) groups is 2. The van der Waals surface area contributed by atoms with Crippen molar-refractivity contribution in [2.75, 3.05) is 10.6 Å². The zero-order valence-electron chi connectivity index (χ0n) is 14.8. The number of aromatic nitrogens is 1. The molecule has 132 valence electrons. The highest BCUT2D eigenvalue weighted by Crippen LogP contribution is 2.36. The zero-order valence-corrected chi connectivity index (χ0v) is 14.8. The Morgan fingerprint density at radius 3 is 2.50 bits per heavy atom. The average molecular weight is 335 g/mol. The molecule has 1 heterocycles. The highest BCUT2D eigenvalue weighted by molar-refractivity contribution is 5.91. The van der Waals surface area contributed by atoms with Crippen LogP contribution in [0.5, 0.6) is 5.75 Å². The molecule has 1 aliphatic carbocycles. The molecule has 2 rings (SSSR count). The molecule has 1 atom stereocenters. The minimum Gasteiger partial charge on any atom is -0.487 e. The number of nitrogens with zero attached hydrogens (tertiary/aromatic N) is 1. The van der Waals surface area contributed by atoms with Crippen molar-refractivity contribution in [3.8, 4) is 5.75 Å². The van der Waals surface area contributed by atoms with E-state index >= 15 is 0 Å². The normalized spacial score (nSPS) is 15.4. The molecular weight excluding hydrogens is 310 g/mol. The van der Waals surface area contributed by atoms with E-state index < -0.39 is 11.7 Å². The van der Waals surface area contributed by atoms with Gasteiger partial charge in [-0.2, -0.15) is 0 Å². The SMILES string of the molecule is CC(=O)Nc1cc(NC(=O)OC(C)(C)C)c(OC(C)C2CC2)cn1. The molecular formula is C17H25N3O4. The Morgan fingerprint density at radius 2 is 1.96 bits per heavy atom. The fraction of sp³-hybridized carbons (Fsp3) is 0.588. The fourth-order valence-electron chi connectivity index (χ4n) is 2.16. The van der Waals surface area contributed by atoms with E-state index in [-0.39, 0.29) is 12.0 Å². The van der Waals surface area contributed by atoms with Crippen molar-refractivity contribution >= 4 is 23.5 Å². The van der Waals surface area contributed by atoms with Crippen LogP contribution in [-0.4, -0.2) is 28.7 Å². The summed E-state index contributed by atoms with van der Waals surface area (Å²) in [6.45, 7) is 8.75. The number of pyridine rings is 1. The zero-order chi connectivity index (χ0) is 17.9. The maximum Gasteiger partial charge on any atom is 0.412 e. The van der Waals surface area contributed by atoms with Crippen LogP contribution in [0.1, 0.15) is 47.5 Å². The summed E-state index contributed by atoms with van der Waals surface area (Å²) in [5.74, 6) is 1.08. The smallest absolute Gasteiger partial charge is 0.412 e. The average Bonchev–Trinajstić information content (AvgIpc) is 3.23. The van der Waals surface area contributed by atoms with Crippen molar-refractivity contribution in [1.82, 2.24) is 4.98 Å². The minimum absolute atomic E-state index is 0.0394. The molecule has 2 amide bonds. The summed E-state index contributed by atoms with van der Waals surface area (Å²) < 4.78 is 11.2. The van der Waals surface area contributed by atoms with E-state index in [4.69, 9.17) is 9.47 Å². The lowest BCUT2D eigenvalue weighted by atomic mass is 10.2. The van der Waals surface area contributed by atoms with Gasteiger partial charge >= 0.3 is 6.09 Å². The summed E-state index contributed by atoms with van der Waals surface area (Å²) >= 11 is 0. The van der Waals surface area contributed by atoms with Crippen LogP contribution in [0.3, 0.4) is 0 Å². The van der Waals surface area contributed by atoms with Crippen LogP contribution in [0.4, 0.5) is 16.3 Å². The largest absolute Gasteiger partial charge is 0.487 e. The Bertz CT molecular complexity index is 621. The van der Waals surface area contributed by atoms with Gasteiger partial charge in [0.2, 0.25) is 5.91 Å². The van der Waals surface area contributed by atoms with Crippen molar-refractivity contribution < 1.29 is 19.1 Å². The number of rotatable bonds is 5. The molecule has 1 aromatic rings. The number of hydrogen-bond acceptors (Lipinski definition) is 5. The van der Waals surface area contributed by atoms with Crippen LogP contribution in [0.2, 0.25) is 0 Å². The molecule has 1 fully saturated rings. The van der Waals surface area contributed by atoms with E-state index in [9.17, 15) is 9.59 Å². The predicted molar refractivity (Wildman–Crippen MR) is 91.2 cm³/mol. The lowest BCUT2D eigenvalue weighted by Gasteiger charge is -2.21. The van der Waals surface area contributed by atoms with Crippen LogP contribution in [-0.2, 0) is 9.53 Å². The molecule has 0 bridgehead atoms. The summed E-state index contributed by atoms with van der Waals surface area (Å²) in [6.07, 6.45) is 3.24. The summed E-state index contributed by atoms with van der Waals surface area (Å²) in [6, 6.07) is 1.56. The first-order valence-corrected chi connectivity index (χ1v) is 8.08. The highest BCUT2D eigenvalue weighted by atomic mass is 16.6. The van der Waals surface area contributed by atoms with E-state index in [0.29, 0.717) is 23.2 Å². The summed E-state index contributed by atoms with van der Waals surface area (Å²) in [5.41, 5.74) is -0.199. The predicted octanol–water partition coefficient (Wildman–Crippen LogP) is 3.56. The van der Waals surface area contributed by atoms with Crippen LogP contribution in [0, 0.1) is 5.92 Å². The third-order valence-corrected chi connectivity index (χ3v) is 3.41. The first-order valence-electron chi connectivity index (χ1n) is 8.08. The van der Waals surface area contributed by atoms with Crippen molar-refractivity contribution in [2.45, 2.75) is 59.2 Å². The van der Waals surface area contributed by atoms with Gasteiger partial charge in [-0.3, -0.25) is 10.1 Å². The second-order valence-corrected chi connectivity index (χ2v) is 7.03. The Morgan fingerprint density at radius 1 is 1.29 bits per heavy atom. The van der Waals surface area contributed by atoms with Crippen LogP contribution in [0.25, 0.3) is 0 Å². The molecule has 0 saturated heterocycles. The van der Waals surface area contributed by atoms with Crippen molar-refractivity contribution in [3.63, 3.8) is 0 Å². The highest BCUT2D eigenvalue weighted by Gasteiger charge is 2.30. The standard InChI is InChI=1S/C17H25N3O4/c1-10(12-6-7-12)23-14-9-18-15(19-11(2)21)8-13(14)20-16(22)24-17(3,4)5/h8-10,12H,6-7H2,1-5H3,(H2,18,19,20,21,22). The maximum absolute atomic E-state index is 12.0. The third-order valence-electron chi connectivity index (χ3n) is 3.41. The molecule has 7 heteroatoms. The number of amides is 2. The van der Waals surface area contributed by atoms with Crippen LogP contribution in [0.15, 0.2) is 12.3 Å². The molecule has 2 N–H and O–H groups in total. The molecule has 1 aliphatic rings. The van der Waals surface area contributed by atoms with Gasteiger partial charge in [0, 0.05) is 13.0 Å². The van der Waals surface area contributed by atoms with Gasteiger partial charge in [-0.1, -0.05) is 0 Å². The Labute approximate surface area is 142 Å². The fourth-order valence-corrected chi connectivity index (χ4v) is 2.16. The van der Waals surface area contributed by atoms with Gasteiger partial charge in [0.25, 0.3) is 0 Å². The molecule has 1 saturated carbocycles. The van der Waals surface area contributed by atoms with Crippen LogP contribution < -0.4 is 15.4 Å². The van der Waals surface area contributed by atoms with Crippen molar-refractivity contribution in [3.05, 3.63) is 12.3 Å². The summed E-state index contributed by atoms with van der Waals surface area (Å²) in [7, 11) is 0. The van der Waals surface area contributed by atoms with E-state index in [1.165, 1.54) is 13.1 Å². The van der Waals surface area contributed by atoms with Crippen LogP contribution >= 0.6 is 0 Å². The number of anilines is 2. The first-order chi connectivity index (χ1) is 11.1. The van der Waals surface area contributed by atoms with E-state index in [2.05, 4.69) is 15.6 Å². The second kappa shape index (κ2) is 7.07. The van der Waals surface area contributed by atoms with Gasteiger partial charge < -0.3 is 14.8 Å². The third kappa shape index (κ3) is 5.72. The Hall–Kier alpha value is -2.31. The molecule has 0 spiro atoms. The minimum atomic E-state index is -0.611. The molecule has 24 heavy (non-hydrogen) atoms. The van der Waals surface area contributed by atoms with Gasteiger partial charge in [0.1, 0.15) is 11.4 Å². The second-order valence-electron chi connectivity index (χ2n) is 7.03.